The average Bonchev–Trinajstić information content (AvgIpc) is 3.20. The van der Waals surface area contributed by atoms with Crippen LogP contribution < -0.4 is 5.56 Å². The lowest BCUT2D eigenvalue weighted by molar-refractivity contribution is 0.0475. The van der Waals surface area contributed by atoms with Crippen molar-refractivity contribution in [2.75, 3.05) is 6.61 Å². The molecule has 0 fully saturated rings. The Bertz CT molecular complexity index is 1030. The van der Waals surface area contributed by atoms with E-state index in [9.17, 15) is 14.4 Å². The third-order valence-corrected chi connectivity index (χ3v) is 5.04. The van der Waals surface area contributed by atoms with Gasteiger partial charge in [0.1, 0.15) is 23.0 Å². The van der Waals surface area contributed by atoms with Crippen molar-refractivity contribution >= 4 is 34.2 Å². The van der Waals surface area contributed by atoms with Gasteiger partial charge in [0, 0.05) is 11.9 Å². The minimum absolute atomic E-state index is 0.0110. The highest BCUT2D eigenvalue weighted by molar-refractivity contribution is 7.14. The van der Waals surface area contributed by atoms with Crippen LogP contribution in [0.2, 0.25) is 0 Å². The Morgan fingerprint density at radius 2 is 2.12 bits per heavy atom. The molecule has 0 aliphatic carbocycles. The number of esters is 1. The van der Waals surface area contributed by atoms with Crippen molar-refractivity contribution < 1.29 is 18.7 Å². The number of furan rings is 1. The smallest absolute Gasteiger partial charge is 0.343 e. The molecule has 0 radical (unpaired) electrons. The summed E-state index contributed by atoms with van der Waals surface area (Å²) in [5, 5.41) is 0.0596. The summed E-state index contributed by atoms with van der Waals surface area (Å²) in [5.74, 6) is -0.829. The molecule has 3 aromatic heterocycles. The van der Waals surface area contributed by atoms with Crippen molar-refractivity contribution in [1.82, 2.24) is 9.55 Å². The molecule has 0 aromatic carbocycles. The number of carbonyl (C=O) groups excluding carboxylic acids is 2. The average molecular weight is 360 g/mol. The van der Waals surface area contributed by atoms with Gasteiger partial charge in [-0.3, -0.25) is 9.59 Å². The number of fused-ring (bicyclic) bond motifs is 1. The molecule has 0 N–H and O–H groups in total. The number of aryl methyl sites for hydroxylation is 3. The van der Waals surface area contributed by atoms with Gasteiger partial charge in [-0.15, -0.1) is 11.3 Å². The Morgan fingerprint density at radius 3 is 2.80 bits per heavy atom. The number of thiophene rings is 1. The van der Waals surface area contributed by atoms with Crippen LogP contribution in [0.4, 0.5) is 0 Å². The lowest BCUT2D eigenvalue weighted by atomic mass is 10.2. The Hall–Kier alpha value is -2.74. The summed E-state index contributed by atoms with van der Waals surface area (Å²) in [6.07, 6.45) is 2.16. The molecular formula is C17H16N2O5S. The molecule has 0 saturated heterocycles. The van der Waals surface area contributed by atoms with Gasteiger partial charge < -0.3 is 13.7 Å². The monoisotopic (exact) mass is 360 g/mol. The highest BCUT2D eigenvalue weighted by Crippen LogP contribution is 2.22. The molecule has 130 valence electrons. The molecule has 0 bridgehead atoms. The topological polar surface area (TPSA) is 91.4 Å². The Balaban J connectivity index is 1.83. The van der Waals surface area contributed by atoms with Gasteiger partial charge in [0.2, 0.25) is 11.5 Å². The number of carbonyl (C=O) groups is 2. The maximum atomic E-state index is 12.4. The van der Waals surface area contributed by atoms with Crippen molar-refractivity contribution in [3.05, 3.63) is 49.9 Å². The van der Waals surface area contributed by atoms with E-state index >= 15 is 0 Å². The van der Waals surface area contributed by atoms with E-state index in [0.717, 1.165) is 11.3 Å². The van der Waals surface area contributed by atoms with E-state index < -0.39 is 18.1 Å². The number of hydrogen-bond acceptors (Lipinski definition) is 7. The molecule has 0 atom stereocenters. The van der Waals surface area contributed by atoms with Crippen LogP contribution in [-0.2, 0) is 18.2 Å². The molecule has 0 spiro atoms. The van der Waals surface area contributed by atoms with Gasteiger partial charge in [0.15, 0.2) is 6.61 Å². The van der Waals surface area contributed by atoms with Crippen LogP contribution >= 0.6 is 11.3 Å². The normalized spacial score (nSPS) is 11.0. The summed E-state index contributed by atoms with van der Waals surface area (Å²) in [4.78, 5) is 42.4. The molecule has 25 heavy (non-hydrogen) atoms. The fourth-order valence-electron chi connectivity index (χ4n) is 2.43. The van der Waals surface area contributed by atoms with Crippen LogP contribution in [-0.4, -0.2) is 27.9 Å². The molecule has 0 aliphatic heterocycles. The minimum atomic E-state index is -0.776. The van der Waals surface area contributed by atoms with Gasteiger partial charge in [-0.05, 0) is 25.5 Å². The number of Topliss-reactive ketones (excluding diaryl/α,β-unsaturated/α-hetero) is 1. The highest BCUT2D eigenvalue weighted by Gasteiger charge is 2.24. The summed E-state index contributed by atoms with van der Waals surface area (Å²) in [5.41, 5.74) is -0.326. The largest absolute Gasteiger partial charge is 0.454 e. The first kappa shape index (κ1) is 17.1. The van der Waals surface area contributed by atoms with Crippen LogP contribution in [0, 0.1) is 6.92 Å². The van der Waals surface area contributed by atoms with Crippen molar-refractivity contribution in [1.29, 1.82) is 0 Å². The van der Waals surface area contributed by atoms with E-state index in [2.05, 4.69) is 4.98 Å². The number of rotatable bonds is 5. The lowest BCUT2D eigenvalue weighted by Gasteiger charge is -2.03. The third kappa shape index (κ3) is 3.12. The van der Waals surface area contributed by atoms with Crippen LogP contribution in [0.3, 0.4) is 0 Å². The summed E-state index contributed by atoms with van der Waals surface area (Å²) in [7, 11) is 1.53. The maximum absolute atomic E-state index is 12.4. The van der Waals surface area contributed by atoms with Gasteiger partial charge in [0.25, 0.3) is 5.56 Å². The van der Waals surface area contributed by atoms with Gasteiger partial charge in [-0.25, -0.2) is 9.78 Å². The standard InChI is InChI=1S/C17H16N2O5S/c1-4-10-5-6-12(25-10)11(20)7-23-17(22)13-9(2)24-15-14(13)16(21)19(3)8-18-15/h5-6,8H,4,7H2,1-3H3. The third-order valence-electron chi connectivity index (χ3n) is 3.77. The molecule has 0 saturated carbocycles. The summed E-state index contributed by atoms with van der Waals surface area (Å²) in [6, 6.07) is 3.60. The highest BCUT2D eigenvalue weighted by atomic mass is 32.1. The minimum Gasteiger partial charge on any atom is -0.454 e. The predicted molar refractivity (Wildman–Crippen MR) is 92.3 cm³/mol. The molecule has 8 heteroatoms. The molecule has 0 unspecified atom stereocenters. The van der Waals surface area contributed by atoms with Gasteiger partial charge in [-0.1, -0.05) is 6.92 Å². The SMILES string of the molecule is CCc1ccc(C(=O)COC(=O)c2c(C)oc3ncn(C)c(=O)c23)s1. The molecular weight excluding hydrogens is 344 g/mol. The molecule has 7 nitrogen and oxygen atoms in total. The van der Waals surface area contributed by atoms with Crippen LogP contribution in [0.1, 0.15) is 37.6 Å². The quantitative estimate of drug-likeness (QED) is 0.513. The zero-order valence-electron chi connectivity index (χ0n) is 14.0. The fourth-order valence-corrected chi connectivity index (χ4v) is 3.30. The number of ether oxygens (including phenoxy) is 1. The second-order valence-corrected chi connectivity index (χ2v) is 6.66. The van der Waals surface area contributed by atoms with Crippen LogP contribution in [0.25, 0.3) is 11.1 Å². The van der Waals surface area contributed by atoms with Crippen molar-refractivity contribution in [3.63, 3.8) is 0 Å². The predicted octanol–water partition coefficient (Wildman–Crippen LogP) is 2.50. The molecule has 3 rings (SSSR count). The number of ketones is 1. The summed E-state index contributed by atoms with van der Waals surface area (Å²) >= 11 is 1.38. The number of hydrogen-bond donors (Lipinski definition) is 0. The molecule has 3 aromatic rings. The van der Waals surface area contributed by atoms with Gasteiger partial charge >= 0.3 is 5.97 Å². The summed E-state index contributed by atoms with van der Waals surface area (Å²) in [6.45, 7) is 3.16. The fraction of sp³-hybridized carbons (Fsp3) is 0.294. The van der Waals surface area contributed by atoms with E-state index in [1.165, 1.54) is 29.3 Å². The zero-order valence-corrected chi connectivity index (χ0v) is 14.8. The Labute approximate surface area is 146 Å². The van der Waals surface area contributed by atoms with Crippen LogP contribution in [0.15, 0.2) is 27.7 Å². The maximum Gasteiger partial charge on any atom is 0.343 e. The first-order valence-electron chi connectivity index (χ1n) is 7.66. The van der Waals surface area contributed by atoms with Gasteiger partial charge in [-0.2, -0.15) is 0 Å². The second kappa shape index (κ2) is 6.64. The van der Waals surface area contributed by atoms with Crippen molar-refractivity contribution in [3.8, 4) is 0 Å². The summed E-state index contributed by atoms with van der Waals surface area (Å²) < 4.78 is 11.7. The van der Waals surface area contributed by atoms with E-state index in [1.807, 2.05) is 13.0 Å². The second-order valence-electron chi connectivity index (χ2n) is 5.49. The first-order chi connectivity index (χ1) is 11.9. The van der Waals surface area contributed by atoms with Gasteiger partial charge in [0.05, 0.1) is 4.88 Å². The number of aromatic nitrogens is 2. The number of nitrogens with zero attached hydrogens (tertiary/aromatic N) is 2. The van der Waals surface area contributed by atoms with Crippen molar-refractivity contribution in [2.45, 2.75) is 20.3 Å². The Morgan fingerprint density at radius 1 is 1.36 bits per heavy atom. The Kier molecular flexibility index (Phi) is 4.54. The molecule has 0 aliphatic rings. The zero-order chi connectivity index (χ0) is 18.1. The van der Waals surface area contributed by atoms with Crippen molar-refractivity contribution in [2.24, 2.45) is 7.05 Å². The lowest BCUT2D eigenvalue weighted by Crippen LogP contribution is -2.20. The molecule has 3 heterocycles. The van der Waals surface area contributed by atoms with E-state index in [-0.39, 0.29) is 28.2 Å². The first-order valence-corrected chi connectivity index (χ1v) is 8.47. The van der Waals surface area contributed by atoms with E-state index in [0.29, 0.717) is 4.88 Å². The van der Waals surface area contributed by atoms with E-state index in [1.54, 1.807) is 13.0 Å². The van der Waals surface area contributed by atoms with E-state index in [4.69, 9.17) is 9.15 Å². The molecule has 0 amide bonds. The van der Waals surface area contributed by atoms with Crippen LogP contribution in [0.5, 0.6) is 0 Å².